The molecule has 0 aliphatic rings. The van der Waals surface area contributed by atoms with Gasteiger partial charge in [0.15, 0.2) is 5.69 Å². The maximum absolute atomic E-state index is 14.0. The third-order valence-electron chi connectivity index (χ3n) is 2.87. The summed E-state index contributed by atoms with van der Waals surface area (Å²) >= 11 is 5.80. The summed E-state index contributed by atoms with van der Waals surface area (Å²) in [6.07, 6.45) is 1.10. The van der Waals surface area contributed by atoms with Crippen molar-refractivity contribution in [1.29, 1.82) is 0 Å². The molecule has 1 aromatic carbocycles. The van der Waals surface area contributed by atoms with Gasteiger partial charge < -0.3 is 10.8 Å². The number of anilines is 1. The second-order valence-electron chi connectivity index (χ2n) is 4.09. The number of carboxylic acids is 1. The van der Waals surface area contributed by atoms with Crippen molar-refractivity contribution in [2.75, 3.05) is 5.73 Å². The predicted molar refractivity (Wildman–Crippen MR) is 70.7 cm³/mol. The van der Waals surface area contributed by atoms with Crippen LogP contribution in [0.2, 0.25) is 5.02 Å². The third-order valence-corrected chi connectivity index (χ3v) is 3.25. The molecule has 20 heavy (non-hydrogen) atoms. The SMILES string of the molecule is Cc1c(F)ccc(-c2cnc(C(=O)O)c(Cl)c2N)c1F. The van der Waals surface area contributed by atoms with Crippen LogP contribution in [0.3, 0.4) is 0 Å². The Morgan fingerprint density at radius 2 is 2.00 bits per heavy atom. The van der Waals surface area contributed by atoms with Crippen LogP contribution in [0, 0.1) is 18.6 Å². The minimum Gasteiger partial charge on any atom is -0.476 e. The molecule has 0 radical (unpaired) electrons. The number of carbonyl (C=O) groups is 1. The summed E-state index contributed by atoms with van der Waals surface area (Å²) in [5.74, 6) is -2.83. The van der Waals surface area contributed by atoms with Crippen LogP contribution in [0.15, 0.2) is 18.3 Å². The molecule has 2 aromatic rings. The first kappa shape index (κ1) is 14.2. The maximum atomic E-state index is 14.0. The Balaban J connectivity index is 2.69. The molecule has 0 spiro atoms. The standard InChI is InChI=1S/C13H9ClF2N2O2/c1-5-8(15)3-2-6(10(5)16)7-4-18-12(13(19)20)9(14)11(7)17/h2-4H,1H3,(H2,17,18)(H,19,20). The zero-order valence-electron chi connectivity index (χ0n) is 10.2. The molecule has 0 amide bonds. The second kappa shape index (κ2) is 5.05. The van der Waals surface area contributed by atoms with E-state index in [-0.39, 0.29) is 27.4 Å². The van der Waals surface area contributed by atoms with Crippen molar-refractivity contribution in [1.82, 2.24) is 4.98 Å². The fourth-order valence-corrected chi connectivity index (χ4v) is 1.97. The summed E-state index contributed by atoms with van der Waals surface area (Å²) in [6.45, 7) is 1.28. The van der Waals surface area contributed by atoms with Crippen molar-refractivity contribution in [3.05, 3.63) is 46.2 Å². The fourth-order valence-electron chi connectivity index (χ4n) is 1.73. The highest BCUT2D eigenvalue weighted by atomic mass is 35.5. The molecule has 0 saturated heterocycles. The van der Waals surface area contributed by atoms with Gasteiger partial charge in [-0.1, -0.05) is 11.6 Å². The van der Waals surface area contributed by atoms with E-state index in [0.717, 1.165) is 12.3 Å². The lowest BCUT2D eigenvalue weighted by Gasteiger charge is -2.11. The van der Waals surface area contributed by atoms with E-state index in [0.29, 0.717) is 0 Å². The highest BCUT2D eigenvalue weighted by Crippen LogP contribution is 2.35. The maximum Gasteiger partial charge on any atom is 0.356 e. The van der Waals surface area contributed by atoms with Crippen molar-refractivity contribution in [3.63, 3.8) is 0 Å². The topological polar surface area (TPSA) is 76.2 Å². The van der Waals surface area contributed by atoms with Crippen LogP contribution in [0.25, 0.3) is 11.1 Å². The Morgan fingerprint density at radius 1 is 1.35 bits per heavy atom. The van der Waals surface area contributed by atoms with E-state index in [9.17, 15) is 13.6 Å². The number of nitrogens with two attached hydrogens (primary N) is 1. The van der Waals surface area contributed by atoms with Gasteiger partial charge >= 0.3 is 5.97 Å². The first-order valence-corrected chi connectivity index (χ1v) is 5.84. The van der Waals surface area contributed by atoms with Crippen molar-refractivity contribution >= 4 is 23.3 Å². The lowest BCUT2D eigenvalue weighted by atomic mass is 10.0. The largest absolute Gasteiger partial charge is 0.476 e. The number of nitrogen functional groups attached to an aromatic ring is 1. The minimum atomic E-state index is -1.34. The highest BCUT2D eigenvalue weighted by Gasteiger charge is 2.20. The molecule has 2 rings (SSSR count). The summed E-state index contributed by atoms with van der Waals surface area (Å²) in [5, 5.41) is 8.58. The molecular weight excluding hydrogens is 290 g/mol. The molecule has 0 fully saturated rings. The first-order chi connectivity index (χ1) is 9.34. The van der Waals surface area contributed by atoms with Crippen LogP contribution in [0.1, 0.15) is 16.1 Å². The number of hydrogen-bond donors (Lipinski definition) is 2. The summed E-state index contributed by atoms with van der Waals surface area (Å²) in [6, 6.07) is 2.29. The molecule has 1 heterocycles. The van der Waals surface area contributed by atoms with Crippen LogP contribution < -0.4 is 5.73 Å². The summed E-state index contributed by atoms with van der Waals surface area (Å²) in [7, 11) is 0. The van der Waals surface area contributed by atoms with Crippen LogP contribution in [-0.2, 0) is 0 Å². The summed E-state index contributed by atoms with van der Waals surface area (Å²) < 4.78 is 27.3. The van der Waals surface area contributed by atoms with Gasteiger partial charge in [0.2, 0.25) is 0 Å². The average Bonchev–Trinajstić information content (AvgIpc) is 2.40. The second-order valence-corrected chi connectivity index (χ2v) is 4.47. The number of aromatic carboxylic acids is 1. The molecule has 0 aliphatic heterocycles. The third kappa shape index (κ3) is 2.18. The van der Waals surface area contributed by atoms with Gasteiger partial charge in [0.1, 0.15) is 11.6 Å². The smallest absolute Gasteiger partial charge is 0.356 e. The van der Waals surface area contributed by atoms with Crippen molar-refractivity contribution in [2.45, 2.75) is 6.92 Å². The lowest BCUT2D eigenvalue weighted by Crippen LogP contribution is -2.05. The number of nitrogens with zero attached hydrogens (tertiary/aromatic N) is 1. The predicted octanol–water partition coefficient (Wildman–Crippen LogP) is 3.27. The number of pyridine rings is 1. The Labute approximate surface area is 117 Å². The zero-order valence-corrected chi connectivity index (χ0v) is 11.0. The van der Waals surface area contributed by atoms with Crippen LogP contribution in [0.5, 0.6) is 0 Å². The van der Waals surface area contributed by atoms with Crippen LogP contribution >= 0.6 is 11.6 Å². The zero-order chi connectivity index (χ0) is 15.0. The molecule has 0 bridgehead atoms. The molecule has 4 nitrogen and oxygen atoms in total. The highest BCUT2D eigenvalue weighted by molar-refractivity contribution is 6.36. The first-order valence-electron chi connectivity index (χ1n) is 5.46. The Kier molecular flexibility index (Phi) is 3.59. The molecule has 7 heteroatoms. The summed E-state index contributed by atoms with van der Waals surface area (Å²) in [4.78, 5) is 14.5. The number of hydrogen-bond acceptors (Lipinski definition) is 3. The molecule has 0 aliphatic carbocycles. The number of carboxylic acid groups (broad SMARTS) is 1. The van der Waals surface area contributed by atoms with Gasteiger partial charge in [0.25, 0.3) is 0 Å². The molecule has 0 unspecified atom stereocenters. The molecule has 104 valence electrons. The van der Waals surface area contributed by atoms with Crippen molar-refractivity contribution < 1.29 is 18.7 Å². The van der Waals surface area contributed by atoms with Gasteiger partial charge in [0, 0.05) is 22.9 Å². The van der Waals surface area contributed by atoms with E-state index in [1.165, 1.54) is 13.0 Å². The van der Waals surface area contributed by atoms with E-state index in [1.807, 2.05) is 0 Å². The van der Waals surface area contributed by atoms with Crippen molar-refractivity contribution in [3.8, 4) is 11.1 Å². The van der Waals surface area contributed by atoms with E-state index in [2.05, 4.69) is 4.98 Å². The van der Waals surface area contributed by atoms with Gasteiger partial charge in [-0.25, -0.2) is 18.6 Å². The Hall–Kier alpha value is -2.21. The van der Waals surface area contributed by atoms with Gasteiger partial charge in [0.05, 0.1) is 10.7 Å². The number of halogens is 3. The average molecular weight is 299 g/mol. The van der Waals surface area contributed by atoms with Gasteiger partial charge in [-0.2, -0.15) is 0 Å². The van der Waals surface area contributed by atoms with Gasteiger partial charge in [-0.15, -0.1) is 0 Å². The minimum absolute atomic E-state index is 0.00717. The molecule has 3 N–H and O–H groups in total. The van der Waals surface area contributed by atoms with E-state index in [4.69, 9.17) is 22.4 Å². The van der Waals surface area contributed by atoms with Gasteiger partial charge in [-0.3, -0.25) is 0 Å². The van der Waals surface area contributed by atoms with Gasteiger partial charge in [-0.05, 0) is 19.1 Å². The quantitative estimate of drug-likeness (QED) is 0.892. The van der Waals surface area contributed by atoms with E-state index < -0.39 is 23.3 Å². The number of aromatic nitrogens is 1. The Bertz CT molecular complexity index is 720. The monoisotopic (exact) mass is 298 g/mol. The Morgan fingerprint density at radius 3 is 2.60 bits per heavy atom. The number of benzene rings is 1. The lowest BCUT2D eigenvalue weighted by molar-refractivity contribution is 0.0691. The van der Waals surface area contributed by atoms with E-state index >= 15 is 0 Å². The molecule has 0 atom stereocenters. The van der Waals surface area contributed by atoms with E-state index in [1.54, 1.807) is 0 Å². The molecule has 1 aromatic heterocycles. The van der Waals surface area contributed by atoms with Crippen LogP contribution in [0.4, 0.5) is 14.5 Å². The number of rotatable bonds is 2. The fraction of sp³-hybridized carbons (Fsp3) is 0.0769. The normalized spacial score (nSPS) is 10.6. The van der Waals surface area contributed by atoms with Crippen LogP contribution in [-0.4, -0.2) is 16.1 Å². The molecular formula is C13H9ClF2N2O2. The molecule has 0 saturated carbocycles. The van der Waals surface area contributed by atoms with Crippen molar-refractivity contribution in [2.24, 2.45) is 0 Å². The summed E-state index contributed by atoms with van der Waals surface area (Å²) in [5.41, 5.74) is 5.12.